The van der Waals surface area contributed by atoms with Crippen molar-refractivity contribution in [3.63, 3.8) is 0 Å². The van der Waals surface area contributed by atoms with Gasteiger partial charge in [-0.2, -0.15) is 0 Å². The van der Waals surface area contributed by atoms with E-state index in [1.165, 1.54) is 0 Å². The number of hydrogen-bond donors (Lipinski definition) is 1. The summed E-state index contributed by atoms with van der Waals surface area (Å²) >= 11 is 3.39. The molecule has 1 unspecified atom stereocenters. The summed E-state index contributed by atoms with van der Waals surface area (Å²) in [4.78, 5) is 12.2. The Bertz CT molecular complexity index is 593. The molecule has 1 atom stereocenters. The summed E-state index contributed by atoms with van der Waals surface area (Å²) in [7, 11) is 1.64. The van der Waals surface area contributed by atoms with E-state index in [-0.39, 0.29) is 11.9 Å². The van der Waals surface area contributed by atoms with Gasteiger partial charge in [0.1, 0.15) is 5.75 Å². The number of benzene rings is 2. The lowest BCUT2D eigenvalue weighted by molar-refractivity contribution is 0.0940. The third-order valence-electron chi connectivity index (χ3n) is 3.33. The van der Waals surface area contributed by atoms with E-state index in [1.54, 1.807) is 7.11 Å². The van der Waals surface area contributed by atoms with Crippen molar-refractivity contribution in [3.05, 3.63) is 65.2 Å². The van der Waals surface area contributed by atoms with E-state index in [0.717, 1.165) is 22.2 Å². The van der Waals surface area contributed by atoms with E-state index in [2.05, 4.69) is 21.2 Å². The van der Waals surface area contributed by atoms with Crippen LogP contribution in [0.3, 0.4) is 0 Å². The third kappa shape index (κ3) is 4.08. The van der Waals surface area contributed by atoms with Crippen LogP contribution in [0.1, 0.15) is 34.5 Å². The number of hydrogen-bond acceptors (Lipinski definition) is 2. The number of halogens is 1. The monoisotopic (exact) mass is 347 g/mol. The summed E-state index contributed by atoms with van der Waals surface area (Å²) < 4.78 is 5.13. The van der Waals surface area contributed by atoms with Gasteiger partial charge in [-0.05, 0) is 42.3 Å². The zero-order chi connectivity index (χ0) is 15.2. The number of ether oxygens (including phenoxy) is 1. The Kier molecular flexibility index (Phi) is 5.39. The minimum Gasteiger partial charge on any atom is -0.497 e. The smallest absolute Gasteiger partial charge is 0.251 e. The predicted octanol–water partition coefficient (Wildman–Crippen LogP) is 4.08. The molecule has 110 valence electrons. The quantitative estimate of drug-likeness (QED) is 0.827. The van der Waals surface area contributed by atoms with Crippen LogP contribution in [-0.2, 0) is 5.33 Å². The molecule has 0 aromatic heterocycles. The van der Waals surface area contributed by atoms with Crippen molar-refractivity contribution in [2.24, 2.45) is 0 Å². The van der Waals surface area contributed by atoms with Crippen molar-refractivity contribution >= 4 is 21.8 Å². The molecule has 0 fully saturated rings. The fraction of sp³-hybridized carbons (Fsp3) is 0.235. The lowest BCUT2D eigenvalue weighted by atomic mass is 10.1. The first-order valence-corrected chi connectivity index (χ1v) is 7.86. The maximum Gasteiger partial charge on any atom is 0.251 e. The lowest BCUT2D eigenvalue weighted by Crippen LogP contribution is -2.26. The van der Waals surface area contributed by atoms with Gasteiger partial charge in [-0.25, -0.2) is 0 Å². The SMILES string of the molecule is COc1ccc(C(C)NC(=O)c2ccc(CBr)cc2)cc1. The molecule has 2 aromatic carbocycles. The van der Waals surface area contributed by atoms with Gasteiger partial charge in [0.05, 0.1) is 13.2 Å². The third-order valence-corrected chi connectivity index (χ3v) is 3.98. The van der Waals surface area contributed by atoms with Gasteiger partial charge in [0.2, 0.25) is 0 Å². The van der Waals surface area contributed by atoms with Crippen LogP contribution < -0.4 is 10.1 Å². The Morgan fingerprint density at radius 3 is 2.29 bits per heavy atom. The van der Waals surface area contributed by atoms with Crippen molar-refractivity contribution in [1.82, 2.24) is 5.32 Å². The molecule has 0 aliphatic heterocycles. The zero-order valence-electron chi connectivity index (χ0n) is 12.1. The van der Waals surface area contributed by atoms with Crippen LogP contribution >= 0.6 is 15.9 Å². The average molecular weight is 348 g/mol. The van der Waals surface area contributed by atoms with Gasteiger partial charge in [-0.3, -0.25) is 4.79 Å². The molecular weight excluding hydrogens is 330 g/mol. The second-order valence-corrected chi connectivity index (χ2v) is 5.36. The van der Waals surface area contributed by atoms with Gasteiger partial charge in [0, 0.05) is 10.9 Å². The van der Waals surface area contributed by atoms with Crippen LogP contribution in [0.15, 0.2) is 48.5 Å². The topological polar surface area (TPSA) is 38.3 Å². The van der Waals surface area contributed by atoms with E-state index < -0.39 is 0 Å². The highest BCUT2D eigenvalue weighted by Gasteiger charge is 2.11. The molecule has 4 heteroatoms. The standard InChI is InChI=1S/C17H18BrNO2/c1-12(14-7-9-16(21-2)10-8-14)19-17(20)15-5-3-13(11-18)4-6-15/h3-10,12H,11H2,1-2H3,(H,19,20). The number of methoxy groups -OCH3 is 1. The molecule has 3 nitrogen and oxygen atoms in total. The number of carbonyl (C=O) groups is 1. The Morgan fingerprint density at radius 2 is 1.76 bits per heavy atom. The molecule has 1 N–H and O–H groups in total. The van der Waals surface area contributed by atoms with Gasteiger partial charge in [0.25, 0.3) is 5.91 Å². The van der Waals surface area contributed by atoms with Crippen LogP contribution in [0.2, 0.25) is 0 Å². The molecule has 1 amide bonds. The van der Waals surface area contributed by atoms with Crippen molar-refractivity contribution in [2.45, 2.75) is 18.3 Å². The maximum absolute atomic E-state index is 12.2. The van der Waals surface area contributed by atoms with E-state index >= 15 is 0 Å². The highest BCUT2D eigenvalue weighted by molar-refractivity contribution is 9.08. The average Bonchev–Trinajstić information content (AvgIpc) is 2.55. The number of carbonyl (C=O) groups excluding carboxylic acids is 1. The first-order valence-electron chi connectivity index (χ1n) is 6.73. The van der Waals surface area contributed by atoms with E-state index in [0.29, 0.717) is 5.56 Å². The predicted molar refractivity (Wildman–Crippen MR) is 87.9 cm³/mol. The molecule has 0 saturated carbocycles. The highest BCUT2D eigenvalue weighted by atomic mass is 79.9. The Hall–Kier alpha value is -1.81. The van der Waals surface area contributed by atoms with Crippen LogP contribution in [0.4, 0.5) is 0 Å². The second-order valence-electron chi connectivity index (χ2n) is 4.80. The minimum atomic E-state index is -0.0700. The molecule has 0 bridgehead atoms. The Labute approximate surface area is 133 Å². The zero-order valence-corrected chi connectivity index (χ0v) is 13.7. The van der Waals surface area contributed by atoms with E-state index in [4.69, 9.17) is 4.74 Å². The van der Waals surface area contributed by atoms with Crippen molar-refractivity contribution in [2.75, 3.05) is 7.11 Å². The fourth-order valence-electron chi connectivity index (χ4n) is 2.00. The van der Waals surface area contributed by atoms with Crippen molar-refractivity contribution in [3.8, 4) is 5.75 Å². The molecule has 21 heavy (non-hydrogen) atoms. The molecule has 2 aromatic rings. The fourth-order valence-corrected chi connectivity index (χ4v) is 2.37. The summed E-state index contributed by atoms with van der Waals surface area (Å²) in [6.07, 6.45) is 0. The summed E-state index contributed by atoms with van der Waals surface area (Å²) in [6, 6.07) is 15.2. The van der Waals surface area contributed by atoms with Gasteiger partial charge >= 0.3 is 0 Å². The Morgan fingerprint density at radius 1 is 1.14 bits per heavy atom. The van der Waals surface area contributed by atoms with Gasteiger partial charge < -0.3 is 10.1 Å². The first-order chi connectivity index (χ1) is 10.1. The molecule has 0 aliphatic rings. The lowest BCUT2D eigenvalue weighted by Gasteiger charge is -2.15. The van der Waals surface area contributed by atoms with Gasteiger partial charge in [0.15, 0.2) is 0 Å². The minimum absolute atomic E-state index is 0.0562. The Balaban J connectivity index is 2.03. The molecule has 0 radical (unpaired) electrons. The molecule has 2 rings (SSSR count). The van der Waals surface area contributed by atoms with Crippen LogP contribution in [0, 0.1) is 0 Å². The van der Waals surface area contributed by atoms with Gasteiger partial charge in [-0.15, -0.1) is 0 Å². The van der Waals surface area contributed by atoms with Crippen molar-refractivity contribution in [1.29, 1.82) is 0 Å². The second kappa shape index (κ2) is 7.27. The molecule has 0 aliphatic carbocycles. The largest absolute Gasteiger partial charge is 0.497 e. The number of alkyl halides is 1. The molecule has 0 saturated heterocycles. The summed E-state index contributed by atoms with van der Waals surface area (Å²) in [5.41, 5.74) is 2.86. The summed E-state index contributed by atoms with van der Waals surface area (Å²) in [6.45, 7) is 1.96. The summed E-state index contributed by atoms with van der Waals surface area (Å²) in [5, 5.41) is 3.78. The number of amides is 1. The van der Waals surface area contributed by atoms with E-state index in [1.807, 2.05) is 55.5 Å². The van der Waals surface area contributed by atoms with E-state index in [9.17, 15) is 4.79 Å². The van der Waals surface area contributed by atoms with Crippen LogP contribution in [-0.4, -0.2) is 13.0 Å². The summed E-state index contributed by atoms with van der Waals surface area (Å²) in [5.74, 6) is 0.738. The molecule has 0 heterocycles. The number of nitrogens with one attached hydrogen (secondary N) is 1. The first kappa shape index (κ1) is 15.6. The molecule has 0 spiro atoms. The number of rotatable bonds is 5. The van der Waals surface area contributed by atoms with Crippen LogP contribution in [0.25, 0.3) is 0 Å². The maximum atomic E-state index is 12.2. The van der Waals surface area contributed by atoms with Crippen molar-refractivity contribution < 1.29 is 9.53 Å². The highest BCUT2D eigenvalue weighted by Crippen LogP contribution is 2.18. The van der Waals surface area contributed by atoms with Gasteiger partial charge in [-0.1, -0.05) is 40.2 Å². The van der Waals surface area contributed by atoms with Crippen LogP contribution in [0.5, 0.6) is 5.75 Å². The molecular formula is C17H18BrNO2. The normalized spacial score (nSPS) is 11.8.